The van der Waals surface area contributed by atoms with Crippen LogP contribution in [0.5, 0.6) is 0 Å². The largest absolute Gasteiger partial charge is 0.333 e. The first-order chi connectivity index (χ1) is 11.5. The lowest BCUT2D eigenvalue weighted by Gasteiger charge is -2.21. The van der Waals surface area contributed by atoms with E-state index in [4.69, 9.17) is 11.6 Å². The lowest BCUT2D eigenvalue weighted by molar-refractivity contribution is -0.126. The van der Waals surface area contributed by atoms with Gasteiger partial charge in [-0.25, -0.2) is 4.98 Å². The van der Waals surface area contributed by atoms with E-state index in [1.807, 2.05) is 43.3 Å². The molecule has 3 aromatic rings. The van der Waals surface area contributed by atoms with Gasteiger partial charge in [-0.1, -0.05) is 35.9 Å². The fourth-order valence-corrected chi connectivity index (χ4v) is 3.47. The predicted octanol–water partition coefficient (Wildman–Crippen LogP) is 5.18. The normalized spacial score (nSPS) is 12.6. The summed E-state index contributed by atoms with van der Waals surface area (Å²) in [7, 11) is 1.80. The molecule has 0 aliphatic heterocycles. The minimum atomic E-state index is -0.0789. The molecule has 5 heteroatoms. The average Bonchev–Trinajstić information content (AvgIpc) is 3.03. The van der Waals surface area contributed by atoms with E-state index < -0.39 is 0 Å². The maximum Gasteiger partial charge on any atom is 0.246 e. The van der Waals surface area contributed by atoms with Crippen LogP contribution in [0.15, 0.2) is 54.6 Å². The molecule has 0 aliphatic rings. The lowest BCUT2D eigenvalue weighted by Crippen LogP contribution is -2.27. The van der Waals surface area contributed by atoms with Gasteiger partial charge in [0, 0.05) is 18.1 Å². The van der Waals surface area contributed by atoms with Crippen LogP contribution in [0, 0.1) is 0 Å². The number of fused-ring (bicyclic) bond motifs is 1. The van der Waals surface area contributed by atoms with Gasteiger partial charge < -0.3 is 4.90 Å². The molecule has 0 saturated carbocycles. The SMILES string of the molecule is CC(c1nc2ccccc2s1)N(C)C(=O)/C=C/c1ccc(Cl)cc1. The predicted molar refractivity (Wildman–Crippen MR) is 101 cm³/mol. The highest BCUT2D eigenvalue weighted by molar-refractivity contribution is 7.18. The van der Waals surface area contributed by atoms with Crippen LogP contribution >= 0.6 is 22.9 Å². The van der Waals surface area contributed by atoms with Crippen LogP contribution in [-0.4, -0.2) is 22.8 Å². The van der Waals surface area contributed by atoms with Crippen molar-refractivity contribution in [3.05, 3.63) is 70.2 Å². The number of benzene rings is 2. The smallest absolute Gasteiger partial charge is 0.246 e. The number of halogens is 1. The van der Waals surface area contributed by atoms with E-state index in [0.717, 1.165) is 20.8 Å². The summed E-state index contributed by atoms with van der Waals surface area (Å²) in [6, 6.07) is 15.3. The van der Waals surface area contributed by atoms with E-state index >= 15 is 0 Å². The van der Waals surface area contributed by atoms with Crippen molar-refractivity contribution in [2.45, 2.75) is 13.0 Å². The van der Waals surface area contributed by atoms with Crippen LogP contribution in [0.3, 0.4) is 0 Å². The van der Waals surface area contributed by atoms with Gasteiger partial charge in [0.05, 0.1) is 16.3 Å². The third-order valence-corrected chi connectivity index (χ3v) is 5.34. The van der Waals surface area contributed by atoms with E-state index in [0.29, 0.717) is 5.02 Å². The Morgan fingerprint density at radius 2 is 1.92 bits per heavy atom. The van der Waals surface area contributed by atoms with Gasteiger partial charge in [-0.2, -0.15) is 0 Å². The average molecular weight is 357 g/mol. The first-order valence-electron chi connectivity index (χ1n) is 7.60. The molecule has 0 N–H and O–H groups in total. The molecule has 24 heavy (non-hydrogen) atoms. The number of amides is 1. The molecule has 0 radical (unpaired) electrons. The van der Waals surface area contributed by atoms with Crippen molar-refractivity contribution < 1.29 is 4.79 Å². The number of para-hydroxylation sites is 1. The monoisotopic (exact) mass is 356 g/mol. The molecule has 3 nitrogen and oxygen atoms in total. The minimum absolute atomic E-state index is 0.0586. The number of rotatable bonds is 4. The van der Waals surface area contributed by atoms with Crippen molar-refractivity contribution in [1.29, 1.82) is 0 Å². The summed E-state index contributed by atoms with van der Waals surface area (Å²) in [4.78, 5) is 18.7. The van der Waals surface area contributed by atoms with Crippen molar-refractivity contribution in [3.8, 4) is 0 Å². The van der Waals surface area contributed by atoms with Gasteiger partial charge in [-0.05, 0) is 42.8 Å². The number of thiazole rings is 1. The Labute approximate surface area is 150 Å². The summed E-state index contributed by atoms with van der Waals surface area (Å²) >= 11 is 7.49. The van der Waals surface area contributed by atoms with Gasteiger partial charge in [0.15, 0.2) is 0 Å². The molecule has 1 heterocycles. The summed E-state index contributed by atoms with van der Waals surface area (Å²) < 4.78 is 1.14. The number of likely N-dealkylation sites (N-methyl/N-ethyl adjacent to an activating group) is 1. The third-order valence-electron chi connectivity index (χ3n) is 3.88. The van der Waals surface area contributed by atoms with Gasteiger partial charge in [-0.15, -0.1) is 11.3 Å². The number of carbonyl (C=O) groups is 1. The van der Waals surface area contributed by atoms with Gasteiger partial charge in [0.25, 0.3) is 0 Å². The highest BCUT2D eigenvalue weighted by Crippen LogP contribution is 2.28. The molecule has 1 unspecified atom stereocenters. The van der Waals surface area contributed by atoms with Gasteiger partial charge in [-0.3, -0.25) is 4.79 Å². The van der Waals surface area contributed by atoms with Crippen LogP contribution in [0.1, 0.15) is 23.5 Å². The van der Waals surface area contributed by atoms with Crippen LogP contribution in [-0.2, 0) is 4.79 Å². The second kappa shape index (κ2) is 7.16. The highest BCUT2D eigenvalue weighted by Gasteiger charge is 2.19. The standard InChI is InChI=1S/C19H17ClN2OS/c1-13(19-21-16-5-3-4-6-17(16)24-19)22(2)18(23)12-9-14-7-10-15(20)11-8-14/h3-13H,1-2H3/b12-9+. The van der Waals surface area contributed by atoms with Gasteiger partial charge >= 0.3 is 0 Å². The Kier molecular flexibility index (Phi) is 4.97. The Balaban J connectivity index is 1.73. The number of hydrogen-bond acceptors (Lipinski definition) is 3. The van der Waals surface area contributed by atoms with E-state index in [9.17, 15) is 4.79 Å². The van der Waals surface area contributed by atoms with Crippen LogP contribution in [0.25, 0.3) is 16.3 Å². The molecule has 1 atom stereocenters. The van der Waals surface area contributed by atoms with Crippen LogP contribution in [0.2, 0.25) is 5.02 Å². The van der Waals surface area contributed by atoms with Crippen LogP contribution < -0.4 is 0 Å². The first-order valence-corrected chi connectivity index (χ1v) is 8.80. The summed E-state index contributed by atoms with van der Waals surface area (Å²) in [6.45, 7) is 1.99. The van der Waals surface area contributed by atoms with Crippen molar-refractivity contribution >= 4 is 45.1 Å². The molecule has 1 amide bonds. The summed E-state index contributed by atoms with van der Waals surface area (Å²) in [5.41, 5.74) is 1.91. The maximum absolute atomic E-state index is 12.4. The number of hydrogen-bond donors (Lipinski definition) is 0. The molecule has 122 valence electrons. The molecule has 0 fully saturated rings. The summed E-state index contributed by atoms with van der Waals surface area (Å²) in [6.07, 6.45) is 3.37. The van der Waals surface area contributed by atoms with Crippen molar-refractivity contribution in [1.82, 2.24) is 9.88 Å². The molecule has 2 aromatic carbocycles. The third kappa shape index (κ3) is 3.66. The zero-order valence-corrected chi connectivity index (χ0v) is 15.0. The first kappa shape index (κ1) is 16.7. The van der Waals surface area contributed by atoms with Gasteiger partial charge in [0.1, 0.15) is 5.01 Å². The summed E-state index contributed by atoms with van der Waals surface area (Å²) in [5.74, 6) is -0.0586. The molecular weight excluding hydrogens is 340 g/mol. The quantitative estimate of drug-likeness (QED) is 0.603. The number of carbonyl (C=O) groups excluding carboxylic acids is 1. The van der Waals surface area contributed by atoms with Crippen molar-refractivity contribution in [2.24, 2.45) is 0 Å². The number of nitrogens with zero attached hydrogens (tertiary/aromatic N) is 2. The number of aromatic nitrogens is 1. The Morgan fingerprint density at radius 3 is 2.62 bits per heavy atom. The molecule has 0 aliphatic carbocycles. The molecule has 1 aromatic heterocycles. The summed E-state index contributed by atoms with van der Waals surface area (Å²) in [5, 5.41) is 1.62. The van der Waals surface area contributed by atoms with E-state index in [1.54, 1.807) is 47.6 Å². The van der Waals surface area contributed by atoms with Crippen LogP contribution in [0.4, 0.5) is 0 Å². The Morgan fingerprint density at radius 1 is 1.21 bits per heavy atom. The molecule has 0 saturated heterocycles. The Bertz CT molecular complexity index is 853. The van der Waals surface area contributed by atoms with Gasteiger partial charge in [0.2, 0.25) is 5.91 Å². The second-order valence-electron chi connectivity index (χ2n) is 5.53. The molecule has 3 rings (SSSR count). The molecule has 0 bridgehead atoms. The molecular formula is C19H17ClN2OS. The molecule has 0 spiro atoms. The van der Waals surface area contributed by atoms with Crippen molar-refractivity contribution in [3.63, 3.8) is 0 Å². The lowest BCUT2D eigenvalue weighted by atomic mass is 10.2. The second-order valence-corrected chi connectivity index (χ2v) is 7.03. The minimum Gasteiger partial charge on any atom is -0.333 e. The van der Waals surface area contributed by atoms with E-state index in [2.05, 4.69) is 4.98 Å². The fourth-order valence-electron chi connectivity index (χ4n) is 2.28. The Hall–Kier alpha value is -2.17. The fraction of sp³-hybridized carbons (Fsp3) is 0.158. The topological polar surface area (TPSA) is 33.2 Å². The van der Waals surface area contributed by atoms with E-state index in [-0.39, 0.29) is 11.9 Å². The highest BCUT2D eigenvalue weighted by atomic mass is 35.5. The zero-order chi connectivity index (χ0) is 17.1. The zero-order valence-electron chi connectivity index (χ0n) is 13.4. The maximum atomic E-state index is 12.4. The van der Waals surface area contributed by atoms with Crippen molar-refractivity contribution in [2.75, 3.05) is 7.05 Å². The van der Waals surface area contributed by atoms with E-state index in [1.165, 1.54) is 0 Å².